The van der Waals surface area contributed by atoms with Gasteiger partial charge < -0.3 is 10.6 Å². The molecule has 106 valence electrons. The summed E-state index contributed by atoms with van der Waals surface area (Å²) >= 11 is 0. The topological polar surface area (TPSA) is 29.3 Å². The normalized spacial score (nSPS) is 12.2. The van der Waals surface area contributed by atoms with Crippen LogP contribution >= 0.6 is 0 Å². The molecular weight excluding hydrogens is 244 g/mol. The minimum Gasteiger partial charge on any atom is -0.367 e. The average molecular weight is 268 g/mol. The highest BCUT2D eigenvalue weighted by Crippen LogP contribution is 2.18. The van der Waals surface area contributed by atoms with Gasteiger partial charge in [0.15, 0.2) is 0 Å². The first-order valence-corrected chi connectivity index (χ1v) is 7.32. The number of benzene rings is 2. The van der Waals surface area contributed by atoms with Crippen molar-refractivity contribution in [3.8, 4) is 0 Å². The molecule has 0 saturated carbocycles. The Labute approximate surface area is 122 Å². The summed E-state index contributed by atoms with van der Waals surface area (Å²) in [4.78, 5) is 2.38. The third-order valence-corrected chi connectivity index (χ3v) is 3.46. The molecule has 0 fully saturated rings. The number of hydrogen-bond donors (Lipinski definition) is 1. The number of hydrogen-bond acceptors (Lipinski definition) is 2. The van der Waals surface area contributed by atoms with Gasteiger partial charge in [-0.1, -0.05) is 42.5 Å². The SMILES string of the molecule is CCN(Cc1ccccc1)c1ccc(CC(C)N)cc1. The molecule has 20 heavy (non-hydrogen) atoms. The molecule has 2 aromatic rings. The van der Waals surface area contributed by atoms with Crippen molar-refractivity contribution in [2.75, 3.05) is 11.4 Å². The molecule has 2 aromatic carbocycles. The third kappa shape index (κ3) is 4.10. The van der Waals surface area contributed by atoms with Gasteiger partial charge >= 0.3 is 0 Å². The van der Waals surface area contributed by atoms with Crippen molar-refractivity contribution < 1.29 is 0 Å². The summed E-state index contributed by atoms with van der Waals surface area (Å²) in [6.07, 6.45) is 0.936. The van der Waals surface area contributed by atoms with Gasteiger partial charge in [-0.15, -0.1) is 0 Å². The monoisotopic (exact) mass is 268 g/mol. The summed E-state index contributed by atoms with van der Waals surface area (Å²) < 4.78 is 0. The van der Waals surface area contributed by atoms with Crippen LogP contribution in [-0.2, 0) is 13.0 Å². The standard InChI is InChI=1S/C18H24N2/c1-3-20(14-17-7-5-4-6-8-17)18-11-9-16(10-12-18)13-15(2)19/h4-12,15H,3,13-14,19H2,1-2H3. The van der Waals surface area contributed by atoms with Crippen LogP contribution in [0, 0.1) is 0 Å². The zero-order valence-corrected chi connectivity index (χ0v) is 12.4. The molecule has 0 spiro atoms. The maximum absolute atomic E-state index is 5.84. The molecule has 0 amide bonds. The van der Waals surface area contributed by atoms with Gasteiger partial charge in [0.05, 0.1) is 0 Å². The Balaban J connectivity index is 2.07. The van der Waals surface area contributed by atoms with E-state index in [1.165, 1.54) is 16.8 Å². The lowest BCUT2D eigenvalue weighted by molar-refractivity contribution is 0.737. The molecule has 1 unspecified atom stereocenters. The zero-order chi connectivity index (χ0) is 14.4. The first kappa shape index (κ1) is 14.6. The summed E-state index contributed by atoms with van der Waals surface area (Å²) in [7, 11) is 0. The molecule has 2 nitrogen and oxygen atoms in total. The van der Waals surface area contributed by atoms with Crippen LogP contribution in [0.4, 0.5) is 5.69 Å². The van der Waals surface area contributed by atoms with E-state index in [1.807, 2.05) is 6.92 Å². The summed E-state index contributed by atoms with van der Waals surface area (Å²) in [6.45, 7) is 6.19. The van der Waals surface area contributed by atoms with Crippen molar-refractivity contribution >= 4 is 5.69 Å². The summed E-state index contributed by atoms with van der Waals surface area (Å²) in [5, 5.41) is 0. The molecular formula is C18H24N2. The van der Waals surface area contributed by atoms with Crippen molar-refractivity contribution in [2.24, 2.45) is 5.73 Å². The molecule has 0 saturated heterocycles. The minimum absolute atomic E-state index is 0.215. The molecule has 0 bridgehead atoms. The highest BCUT2D eigenvalue weighted by Gasteiger charge is 2.05. The number of anilines is 1. The Morgan fingerprint density at radius 1 is 0.950 bits per heavy atom. The highest BCUT2D eigenvalue weighted by molar-refractivity contribution is 5.48. The molecule has 2 heteroatoms. The molecule has 0 aromatic heterocycles. The zero-order valence-electron chi connectivity index (χ0n) is 12.4. The van der Waals surface area contributed by atoms with Gasteiger partial charge in [-0.3, -0.25) is 0 Å². The highest BCUT2D eigenvalue weighted by atomic mass is 15.1. The van der Waals surface area contributed by atoms with Crippen LogP contribution in [0.3, 0.4) is 0 Å². The molecule has 0 radical (unpaired) electrons. The molecule has 0 aliphatic heterocycles. The van der Waals surface area contributed by atoms with Crippen LogP contribution in [0.25, 0.3) is 0 Å². The van der Waals surface area contributed by atoms with Crippen LogP contribution < -0.4 is 10.6 Å². The molecule has 0 aliphatic carbocycles. The average Bonchev–Trinajstić information content (AvgIpc) is 2.46. The molecule has 2 rings (SSSR count). The predicted molar refractivity (Wildman–Crippen MR) is 87.0 cm³/mol. The number of nitrogens with zero attached hydrogens (tertiary/aromatic N) is 1. The second-order valence-corrected chi connectivity index (χ2v) is 5.35. The van der Waals surface area contributed by atoms with Gasteiger partial charge in [0, 0.05) is 24.8 Å². The van der Waals surface area contributed by atoms with Crippen LogP contribution in [0.2, 0.25) is 0 Å². The fraction of sp³-hybridized carbons (Fsp3) is 0.333. The lowest BCUT2D eigenvalue weighted by Gasteiger charge is -2.23. The first-order chi connectivity index (χ1) is 9.69. The summed E-state index contributed by atoms with van der Waals surface area (Å²) in [6, 6.07) is 19.6. The Kier molecular flexibility index (Phi) is 5.19. The lowest BCUT2D eigenvalue weighted by Crippen LogP contribution is -2.22. The minimum atomic E-state index is 0.215. The van der Waals surface area contributed by atoms with E-state index in [2.05, 4.69) is 66.4 Å². The molecule has 0 heterocycles. The van der Waals surface area contributed by atoms with Gasteiger partial charge in [0.25, 0.3) is 0 Å². The van der Waals surface area contributed by atoms with Gasteiger partial charge in [-0.25, -0.2) is 0 Å². The fourth-order valence-corrected chi connectivity index (χ4v) is 2.40. The first-order valence-electron chi connectivity index (χ1n) is 7.32. The third-order valence-electron chi connectivity index (χ3n) is 3.46. The smallest absolute Gasteiger partial charge is 0.0429 e. The Morgan fingerprint density at radius 2 is 1.60 bits per heavy atom. The Morgan fingerprint density at radius 3 is 2.15 bits per heavy atom. The van der Waals surface area contributed by atoms with E-state index in [-0.39, 0.29) is 6.04 Å². The quantitative estimate of drug-likeness (QED) is 0.867. The Hall–Kier alpha value is -1.80. The predicted octanol–water partition coefficient (Wildman–Crippen LogP) is 3.60. The van der Waals surface area contributed by atoms with Crippen molar-refractivity contribution in [2.45, 2.75) is 32.9 Å². The maximum atomic E-state index is 5.84. The lowest BCUT2D eigenvalue weighted by atomic mass is 10.1. The maximum Gasteiger partial charge on any atom is 0.0429 e. The van der Waals surface area contributed by atoms with E-state index in [4.69, 9.17) is 5.73 Å². The van der Waals surface area contributed by atoms with Gasteiger partial charge in [-0.05, 0) is 43.5 Å². The van der Waals surface area contributed by atoms with Crippen molar-refractivity contribution in [3.05, 3.63) is 65.7 Å². The van der Waals surface area contributed by atoms with Gasteiger partial charge in [-0.2, -0.15) is 0 Å². The van der Waals surface area contributed by atoms with E-state index in [9.17, 15) is 0 Å². The summed E-state index contributed by atoms with van der Waals surface area (Å²) in [5.74, 6) is 0. The van der Waals surface area contributed by atoms with E-state index in [0.29, 0.717) is 0 Å². The fourth-order valence-electron chi connectivity index (χ4n) is 2.40. The molecule has 2 N–H and O–H groups in total. The molecule has 0 aliphatic rings. The van der Waals surface area contributed by atoms with Crippen LogP contribution in [0.5, 0.6) is 0 Å². The van der Waals surface area contributed by atoms with Crippen molar-refractivity contribution in [1.29, 1.82) is 0 Å². The second-order valence-electron chi connectivity index (χ2n) is 5.35. The van der Waals surface area contributed by atoms with Gasteiger partial charge in [0.2, 0.25) is 0 Å². The van der Waals surface area contributed by atoms with Crippen LogP contribution in [0.1, 0.15) is 25.0 Å². The van der Waals surface area contributed by atoms with Crippen LogP contribution in [0.15, 0.2) is 54.6 Å². The van der Waals surface area contributed by atoms with Crippen molar-refractivity contribution in [1.82, 2.24) is 0 Å². The van der Waals surface area contributed by atoms with Crippen molar-refractivity contribution in [3.63, 3.8) is 0 Å². The van der Waals surface area contributed by atoms with E-state index in [0.717, 1.165) is 19.5 Å². The van der Waals surface area contributed by atoms with E-state index >= 15 is 0 Å². The number of rotatable bonds is 6. The Bertz CT molecular complexity index is 503. The molecule has 1 atom stereocenters. The van der Waals surface area contributed by atoms with E-state index < -0.39 is 0 Å². The second kappa shape index (κ2) is 7.11. The summed E-state index contributed by atoms with van der Waals surface area (Å²) in [5.41, 5.74) is 9.76. The van der Waals surface area contributed by atoms with E-state index in [1.54, 1.807) is 0 Å². The number of nitrogens with two attached hydrogens (primary N) is 1. The van der Waals surface area contributed by atoms with Gasteiger partial charge in [0.1, 0.15) is 0 Å². The largest absolute Gasteiger partial charge is 0.367 e. The van der Waals surface area contributed by atoms with Crippen LogP contribution in [-0.4, -0.2) is 12.6 Å².